The third-order valence-electron chi connectivity index (χ3n) is 3.31. The van der Waals surface area contributed by atoms with Crippen molar-refractivity contribution in [1.29, 1.82) is 0 Å². The van der Waals surface area contributed by atoms with Crippen molar-refractivity contribution in [2.75, 3.05) is 11.5 Å². The van der Waals surface area contributed by atoms with Gasteiger partial charge < -0.3 is 5.11 Å². The molecular weight excluding hydrogens is 235 g/mol. The summed E-state index contributed by atoms with van der Waals surface area (Å²) in [6.07, 6.45) is 0.690. The summed E-state index contributed by atoms with van der Waals surface area (Å²) < 4.78 is 13.6. The van der Waals surface area contributed by atoms with Gasteiger partial charge in [0.2, 0.25) is 0 Å². The van der Waals surface area contributed by atoms with E-state index < -0.39 is 5.60 Å². The summed E-state index contributed by atoms with van der Waals surface area (Å²) in [5.41, 5.74) is 0.543. The lowest BCUT2D eigenvalue weighted by Crippen LogP contribution is -2.40. The Morgan fingerprint density at radius 3 is 2.59 bits per heavy atom. The van der Waals surface area contributed by atoms with E-state index in [9.17, 15) is 9.50 Å². The van der Waals surface area contributed by atoms with Crippen LogP contribution in [0.25, 0.3) is 0 Å². The lowest BCUT2D eigenvalue weighted by atomic mass is 9.78. The fraction of sp³-hybridized carbons (Fsp3) is 0.571. The molecule has 0 aliphatic carbocycles. The molecular formula is C14H19FOS. The third kappa shape index (κ3) is 2.66. The maximum absolute atomic E-state index is 13.6. The van der Waals surface area contributed by atoms with E-state index in [-0.39, 0.29) is 11.2 Å². The van der Waals surface area contributed by atoms with Crippen molar-refractivity contribution in [3.05, 3.63) is 35.1 Å². The van der Waals surface area contributed by atoms with E-state index in [1.807, 2.05) is 6.07 Å². The van der Waals surface area contributed by atoms with Crippen LogP contribution in [0.15, 0.2) is 18.2 Å². The standard InChI is InChI=1S/C14H19FOS/c1-10-4-5-11(6-12(10)15)14(16)7-13(2,3)8-17-9-14/h4-6,16H,7-9H2,1-3H3. The van der Waals surface area contributed by atoms with Gasteiger partial charge in [-0.1, -0.05) is 26.0 Å². The predicted octanol–water partition coefficient (Wildman–Crippen LogP) is 3.48. The molecule has 1 N–H and O–H groups in total. The molecule has 0 radical (unpaired) electrons. The van der Waals surface area contributed by atoms with Crippen LogP contribution in [0.3, 0.4) is 0 Å². The van der Waals surface area contributed by atoms with Gasteiger partial charge in [-0.15, -0.1) is 0 Å². The highest BCUT2D eigenvalue weighted by Gasteiger charge is 2.40. The highest BCUT2D eigenvalue weighted by atomic mass is 32.2. The molecule has 0 bridgehead atoms. The van der Waals surface area contributed by atoms with Gasteiger partial charge in [0.25, 0.3) is 0 Å². The van der Waals surface area contributed by atoms with Crippen molar-refractivity contribution in [3.8, 4) is 0 Å². The molecule has 1 aliphatic heterocycles. The summed E-state index contributed by atoms with van der Waals surface area (Å²) >= 11 is 1.74. The topological polar surface area (TPSA) is 20.2 Å². The molecule has 17 heavy (non-hydrogen) atoms. The first-order valence-electron chi connectivity index (χ1n) is 5.89. The summed E-state index contributed by atoms with van der Waals surface area (Å²) in [7, 11) is 0. The third-order valence-corrected chi connectivity index (χ3v) is 4.98. The van der Waals surface area contributed by atoms with Crippen LogP contribution < -0.4 is 0 Å². The summed E-state index contributed by atoms with van der Waals surface area (Å²) in [6.45, 7) is 6.03. The van der Waals surface area contributed by atoms with Crippen LogP contribution in [0.2, 0.25) is 0 Å². The minimum Gasteiger partial charge on any atom is -0.384 e. The summed E-state index contributed by atoms with van der Waals surface area (Å²) in [4.78, 5) is 0. The average molecular weight is 254 g/mol. The quantitative estimate of drug-likeness (QED) is 0.828. The number of benzene rings is 1. The summed E-state index contributed by atoms with van der Waals surface area (Å²) in [6, 6.07) is 5.08. The van der Waals surface area contributed by atoms with E-state index in [0.29, 0.717) is 23.3 Å². The van der Waals surface area contributed by atoms with Crippen molar-refractivity contribution < 1.29 is 9.50 Å². The Kier molecular flexibility index (Phi) is 3.25. The van der Waals surface area contributed by atoms with Crippen LogP contribution in [0.1, 0.15) is 31.4 Å². The van der Waals surface area contributed by atoms with Gasteiger partial charge in [0.1, 0.15) is 5.82 Å². The van der Waals surface area contributed by atoms with Gasteiger partial charge in [0.05, 0.1) is 5.60 Å². The molecule has 0 amide bonds. The van der Waals surface area contributed by atoms with Gasteiger partial charge in [-0.3, -0.25) is 0 Å². The fourth-order valence-corrected chi connectivity index (χ4v) is 3.82. The van der Waals surface area contributed by atoms with Gasteiger partial charge in [0, 0.05) is 5.75 Å². The highest BCUT2D eigenvalue weighted by molar-refractivity contribution is 7.99. The maximum atomic E-state index is 13.6. The maximum Gasteiger partial charge on any atom is 0.126 e. The molecule has 1 saturated heterocycles. The summed E-state index contributed by atoms with van der Waals surface area (Å²) in [5.74, 6) is 1.46. The second kappa shape index (κ2) is 4.29. The van der Waals surface area contributed by atoms with Crippen molar-refractivity contribution in [3.63, 3.8) is 0 Å². The molecule has 1 aliphatic rings. The van der Waals surface area contributed by atoms with E-state index in [0.717, 1.165) is 5.75 Å². The molecule has 3 heteroatoms. The molecule has 1 nitrogen and oxygen atoms in total. The van der Waals surface area contributed by atoms with Gasteiger partial charge in [0.15, 0.2) is 0 Å². The first kappa shape index (κ1) is 12.9. The van der Waals surface area contributed by atoms with Crippen molar-refractivity contribution in [1.82, 2.24) is 0 Å². The number of hydrogen-bond acceptors (Lipinski definition) is 2. The molecule has 0 aromatic heterocycles. The Morgan fingerprint density at radius 2 is 2.00 bits per heavy atom. The van der Waals surface area contributed by atoms with Crippen LogP contribution in [0, 0.1) is 18.2 Å². The molecule has 1 aromatic rings. The van der Waals surface area contributed by atoms with Crippen LogP contribution in [0.5, 0.6) is 0 Å². The van der Waals surface area contributed by atoms with Gasteiger partial charge in [-0.25, -0.2) is 4.39 Å². The molecule has 94 valence electrons. The van der Waals surface area contributed by atoms with Crippen molar-refractivity contribution in [2.24, 2.45) is 5.41 Å². The normalized spacial score (nSPS) is 28.1. The molecule has 1 fully saturated rings. The molecule has 0 saturated carbocycles. The van der Waals surface area contributed by atoms with E-state index in [1.165, 1.54) is 6.07 Å². The van der Waals surface area contributed by atoms with Crippen molar-refractivity contribution >= 4 is 11.8 Å². The molecule has 1 heterocycles. The zero-order valence-electron chi connectivity index (χ0n) is 10.6. The minimum atomic E-state index is -0.888. The Labute approximate surface area is 106 Å². The number of aryl methyl sites for hydroxylation is 1. The lowest BCUT2D eigenvalue weighted by Gasteiger charge is -2.41. The first-order valence-corrected chi connectivity index (χ1v) is 7.05. The predicted molar refractivity (Wildman–Crippen MR) is 70.8 cm³/mol. The zero-order valence-corrected chi connectivity index (χ0v) is 11.4. The molecule has 0 spiro atoms. The number of hydrogen-bond donors (Lipinski definition) is 1. The van der Waals surface area contributed by atoms with Crippen molar-refractivity contribution in [2.45, 2.75) is 32.8 Å². The first-order chi connectivity index (χ1) is 7.82. The zero-order chi connectivity index (χ0) is 12.7. The number of thioether (sulfide) groups is 1. The average Bonchev–Trinajstić information content (AvgIpc) is 2.20. The number of halogens is 1. The van der Waals surface area contributed by atoms with Gasteiger partial charge in [-0.2, -0.15) is 11.8 Å². The Morgan fingerprint density at radius 1 is 1.29 bits per heavy atom. The number of rotatable bonds is 1. The Bertz CT molecular complexity index is 430. The van der Waals surface area contributed by atoms with E-state index in [1.54, 1.807) is 24.8 Å². The van der Waals surface area contributed by atoms with E-state index in [2.05, 4.69) is 13.8 Å². The van der Waals surface area contributed by atoms with Gasteiger partial charge >= 0.3 is 0 Å². The second-order valence-corrected chi connectivity index (χ2v) is 6.81. The SMILES string of the molecule is Cc1ccc(C2(O)CSCC(C)(C)C2)cc1F. The number of aliphatic hydroxyl groups is 1. The minimum absolute atomic E-state index is 0.0963. The van der Waals surface area contributed by atoms with Crippen LogP contribution >= 0.6 is 11.8 Å². The molecule has 2 rings (SSSR count). The van der Waals surface area contributed by atoms with Crippen LogP contribution in [-0.2, 0) is 5.60 Å². The fourth-order valence-electron chi connectivity index (χ4n) is 2.46. The van der Waals surface area contributed by atoms with Gasteiger partial charge in [-0.05, 0) is 41.7 Å². The molecule has 1 atom stereocenters. The van der Waals surface area contributed by atoms with Crippen LogP contribution in [-0.4, -0.2) is 16.6 Å². The molecule has 1 aromatic carbocycles. The summed E-state index contributed by atoms with van der Waals surface area (Å²) in [5, 5.41) is 10.7. The van der Waals surface area contributed by atoms with E-state index >= 15 is 0 Å². The smallest absolute Gasteiger partial charge is 0.126 e. The largest absolute Gasteiger partial charge is 0.384 e. The monoisotopic (exact) mass is 254 g/mol. The second-order valence-electron chi connectivity index (χ2n) is 5.83. The van der Waals surface area contributed by atoms with Crippen LogP contribution in [0.4, 0.5) is 4.39 Å². The highest BCUT2D eigenvalue weighted by Crippen LogP contribution is 2.44. The lowest BCUT2D eigenvalue weighted by molar-refractivity contribution is 0.0153. The molecule has 1 unspecified atom stereocenters. The Hall–Kier alpha value is -0.540. The van der Waals surface area contributed by atoms with E-state index in [4.69, 9.17) is 0 Å². The Balaban J connectivity index is 2.34.